The van der Waals surface area contributed by atoms with Crippen LogP contribution < -0.4 is 10.4 Å². The molecule has 2 aromatic carbocycles. The molecule has 1 saturated heterocycles. The molecule has 0 bridgehead atoms. The van der Waals surface area contributed by atoms with Crippen molar-refractivity contribution in [2.45, 2.75) is 26.0 Å². The van der Waals surface area contributed by atoms with Crippen molar-refractivity contribution in [2.75, 3.05) is 13.1 Å². The lowest BCUT2D eigenvalue weighted by atomic mass is 10.1. The summed E-state index contributed by atoms with van der Waals surface area (Å²) in [6.07, 6.45) is 5.23. The third-order valence-corrected chi connectivity index (χ3v) is 6.66. The largest absolute Gasteiger partial charge is 0.487 e. The summed E-state index contributed by atoms with van der Waals surface area (Å²) in [5.74, 6) is -0.0444. The molecule has 9 heteroatoms. The number of carbonyl (C=O) groups is 1. The first-order chi connectivity index (χ1) is 17.4. The van der Waals surface area contributed by atoms with Gasteiger partial charge < -0.3 is 9.64 Å². The summed E-state index contributed by atoms with van der Waals surface area (Å²) in [7, 11) is 0. The number of nitrogens with zero attached hydrogens (tertiary/aromatic N) is 4. The lowest BCUT2D eigenvalue weighted by molar-refractivity contribution is -0.125. The molecule has 1 aliphatic heterocycles. The van der Waals surface area contributed by atoms with Gasteiger partial charge in [0, 0.05) is 19.3 Å². The van der Waals surface area contributed by atoms with E-state index < -0.39 is 0 Å². The van der Waals surface area contributed by atoms with Crippen molar-refractivity contribution >= 4 is 28.5 Å². The number of halogens is 2. The standard InChI is InChI=1S/C27H24ClFN4O3/c1-3-26(34)31-9-7-21(15-31)33-23-6-8-30-14-24(23)32(27(33)35)20-4-5-25(22(28)13-20)36-16-18-10-17(2)11-19(29)12-18/h3-6,8,10-14,21H,1,7,9,15-16H2,2H3/t21-/m1/s1. The smallest absolute Gasteiger partial charge is 0.334 e. The molecule has 4 aromatic rings. The highest BCUT2D eigenvalue weighted by molar-refractivity contribution is 6.32. The molecule has 1 aliphatic rings. The Labute approximate surface area is 212 Å². The first-order valence-corrected chi connectivity index (χ1v) is 11.9. The fourth-order valence-electron chi connectivity index (χ4n) is 4.76. The second-order valence-electron chi connectivity index (χ2n) is 8.82. The average Bonchev–Trinajstić information content (AvgIpc) is 3.44. The van der Waals surface area contributed by atoms with Crippen LogP contribution in [0.25, 0.3) is 16.7 Å². The fourth-order valence-corrected chi connectivity index (χ4v) is 4.98. The van der Waals surface area contributed by atoms with E-state index in [2.05, 4.69) is 11.6 Å². The molecule has 36 heavy (non-hydrogen) atoms. The van der Waals surface area contributed by atoms with Gasteiger partial charge in [-0.05, 0) is 66.9 Å². The molecule has 3 heterocycles. The molecule has 0 radical (unpaired) electrons. The Morgan fingerprint density at radius 1 is 1.25 bits per heavy atom. The number of fused-ring (bicyclic) bond motifs is 1. The van der Waals surface area contributed by atoms with E-state index in [1.165, 1.54) is 18.2 Å². The second-order valence-corrected chi connectivity index (χ2v) is 9.23. The van der Waals surface area contributed by atoms with E-state index >= 15 is 0 Å². The summed E-state index contributed by atoms with van der Waals surface area (Å²) in [5.41, 5.74) is 3.18. The number of benzene rings is 2. The second kappa shape index (κ2) is 9.62. The van der Waals surface area contributed by atoms with E-state index in [1.807, 2.05) is 13.0 Å². The van der Waals surface area contributed by atoms with Crippen LogP contribution in [0.4, 0.5) is 4.39 Å². The zero-order chi connectivity index (χ0) is 25.4. The average molecular weight is 507 g/mol. The van der Waals surface area contributed by atoms with Gasteiger partial charge in [0.2, 0.25) is 5.91 Å². The van der Waals surface area contributed by atoms with Crippen LogP contribution in [0.1, 0.15) is 23.6 Å². The van der Waals surface area contributed by atoms with Crippen molar-refractivity contribution in [3.05, 3.63) is 100.0 Å². The monoisotopic (exact) mass is 506 g/mol. The summed E-state index contributed by atoms with van der Waals surface area (Å²) >= 11 is 6.53. The summed E-state index contributed by atoms with van der Waals surface area (Å²) in [6.45, 7) is 6.52. The highest BCUT2D eigenvalue weighted by atomic mass is 35.5. The van der Waals surface area contributed by atoms with Gasteiger partial charge in [-0.3, -0.25) is 18.9 Å². The normalized spacial score (nSPS) is 15.4. The quantitative estimate of drug-likeness (QED) is 0.351. The van der Waals surface area contributed by atoms with Crippen molar-refractivity contribution in [3.63, 3.8) is 0 Å². The fraction of sp³-hybridized carbons (Fsp3) is 0.222. The third-order valence-electron chi connectivity index (χ3n) is 6.36. The number of likely N-dealkylation sites (tertiary alicyclic amines) is 1. The molecular weight excluding hydrogens is 483 g/mol. The van der Waals surface area contributed by atoms with E-state index in [-0.39, 0.29) is 30.1 Å². The summed E-state index contributed by atoms with van der Waals surface area (Å²) in [6, 6.07) is 11.5. The van der Waals surface area contributed by atoms with Gasteiger partial charge in [-0.1, -0.05) is 24.2 Å². The van der Waals surface area contributed by atoms with Crippen LogP contribution in [-0.4, -0.2) is 38.0 Å². The van der Waals surface area contributed by atoms with Crippen LogP contribution in [0.3, 0.4) is 0 Å². The van der Waals surface area contributed by atoms with Gasteiger partial charge in [0.15, 0.2) is 0 Å². The Balaban J connectivity index is 1.47. The number of carbonyl (C=O) groups excluding carboxylic acids is 1. The van der Waals surface area contributed by atoms with Gasteiger partial charge in [0.25, 0.3) is 0 Å². The number of amides is 1. The summed E-state index contributed by atoms with van der Waals surface area (Å²) < 4.78 is 22.8. The van der Waals surface area contributed by atoms with Gasteiger partial charge >= 0.3 is 5.69 Å². The van der Waals surface area contributed by atoms with Gasteiger partial charge in [-0.25, -0.2) is 9.18 Å². The lowest BCUT2D eigenvalue weighted by Crippen LogP contribution is -2.31. The molecule has 0 unspecified atom stereocenters. The first kappa shape index (κ1) is 23.8. The Morgan fingerprint density at radius 3 is 2.83 bits per heavy atom. The first-order valence-electron chi connectivity index (χ1n) is 11.5. The lowest BCUT2D eigenvalue weighted by Gasteiger charge is -2.15. The molecule has 1 atom stereocenters. The van der Waals surface area contributed by atoms with Crippen molar-refractivity contribution in [3.8, 4) is 11.4 Å². The van der Waals surface area contributed by atoms with E-state index in [4.69, 9.17) is 16.3 Å². The van der Waals surface area contributed by atoms with E-state index in [0.29, 0.717) is 47.1 Å². The van der Waals surface area contributed by atoms with Gasteiger partial charge in [-0.2, -0.15) is 0 Å². The molecule has 184 valence electrons. The topological polar surface area (TPSA) is 69.4 Å². The zero-order valence-corrected chi connectivity index (χ0v) is 20.4. The van der Waals surface area contributed by atoms with Gasteiger partial charge in [-0.15, -0.1) is 0 Å². The molecule has 0 N–H and O–H groups in total. The highest BCUT2D eigenvalue weighted by Gasteiger charge is 2.30. The third kappa shape index (κ3) is 4.40. The molecule has 0 aliphatic carbocycles. The van der Waals surface area contributed by atoms with Crippen molar-refractivity contribution in [1.29, 1.82) is 0 Å². The number of pyridine rings is 1. The van der Waals surface area contributed by atoms with Crippen LogP contribution in [0.15, 0.2) is 72.3 Å². The molecule has 5 rings (SSSR count). The predicted octanol–water partition coefficient (Wildman–Crippen LogP) is 4.83. The molecule has 2 aromatic heterocycles. The SMILES string of the molecule is C=CC(=O)N1CC[C@@H](n2c(=O)n(-c3ccc(OCc4cc(C)cc(F)c4)c(Cl)c3)c3cnccc32)C1. The van der Waals surface area contributed by atoms with Crippen molar-refractivity contribution in [1.82, 2.24) is 19.0 Å². The summed E-state index contributed by atoms with van der Waals surface area (Å²) in [4.78, 5) is 31.6. The maximum Gasteiger partial charge on any atom is 0.334 e. The van der Waals surface area contributed by atoms with E-state index in [9.17, 15) is 14.0 Å². The molecule has 1 fully saturated rings. The predicted molar refractivity (Wildman–Crippen MR) is 136 cm³/mol. The zero-order valence-electron chi connectivity index (χ0n) is 19.7. The minimum atomic E-state index is -0.321. The van der Waals surface area contributed by atoms with E-state index in [1.54, 1.807) is 50.7 Å². The molecule has 0 saturated carbocycles. The van der Waals surface area contributed by atoms with Crippen LogP contribution in [0.2, 0.25) is 5.02 Å². The van der Waals surface area contributed by atoms with Crippen LogP contribution in [-0.2, 0) is 11.4 Å². The number of rotatable bonds is 6. The maximum atomic E-state index is 13.7. The van der Waals surface area contributed by atoms with Crippen LogP contribution in [0, 0.1) is 12.7 Å². The van der Waals surface area contributed by atoms with Gasteiger partial charge in [0.1, 0.15) is 18.2 Å². The Kier molecular flexibility index (Phi) is 6.36. The number of imidazole rings is 1. The van der Waals surface area contributed by atoms with Crippen LogP contribution in [0.5, 0.6) is 5.75 Å². The van der Waals surface area contributed by atoms with Crippen molar-refractivity contribution in [2.24, 2.45) is 0 Å². The number of aryl methyl sites for hydroxylation is 1. The van der Waals surface area contributed by atoms with Crippen molar-refractivity contribution < 1.29 is 13.9 Å². The molecular formula is C27H24ClFN4O3. The maximum absolute atomic E-state index is 13.7. The number of aromatic nitrogens is 3. The number of ether oxygens (including phenoxy) is 1. The Morgan fingerprint density at radius 2 is 2.08 bits per heavy atom. The Hall–Kier alpha value is -3.91. The number of hydrogen-bond acceptors (Lipinski definition) is 4. The van der Waals surface area contributed by atoms with E-state index in [0.717, 1.165) is 11.1 Å². The Bertz CT molecular complexity index is 1520. The molecule has 7 nitrogen and oxygen atoms in total. The number of hydrogen-bond donors (Lipinski definition) is 0. The summed E-state index contributed by atoms with van der Waals surface area (Å²) in [5, 5.41) is 0.320. The van der Waals surface area contributed by atoms with Gasteiger partial charge in [0.05, 0.1) is 34.0 Å². The minimum absolute atomic E-state index is 0.147. The highest BCUT2D eigenvalue weighted by Crippen LogP contribution is 2.30. The minimum Gasteiger partial charge on any atom is -0.487 e. The van der Waals surface area contributed by atoms with Crippen LogP contribution >= 0.6 is 11.6 Å². The molecule has 1 amide bonds. The molecule has 0 spiro atoms.